The molecular formula is C42H49N3O4Si. The summed E-state index contributed by atoms with van der Waals surface area (Å²) in [5.41, 5.74) is 4.29. The number of amides is 2. The minimum atomic E-state index is -2.35. The zero-order chi connectivity index (χ0) is 36.4. The third kappa shape index (κ3) is 11.3. The van der Waals surface area contributed by atoms with Gasteiger partial charge >= 0.3 is 12.0 Å². The Bertz CT molecular complexity index is 1760. The second-order valence-electron chi connectivity index (χ2n) is 14.6. The Kier molecular flexibility index (Phi) is 12.6. The van der Waals surface area contributed by atoms with Gasteiger partial charge in [0, 0.05) is 23.1 Å². The molecule has 260 valence electrons. The molecule has 0 aliphatic carbocycles. The van der Waals surface area contributed by atoms with E-state index >= 15 is 0 Å². The summed E-state index contributed by atoms with van der Waals surface area (Å²) >= 11 is 0. The summed E-state index contributed by atoms with van der Waals surface area (Å²) in [7, 11) is -2.35. The molecule has 2 amide bonds. The van der Waals surface area contributed by atoms with Gasteiger partial charge in [-0.15, -0.1) is 0 Å². The third-order valence-corrected chi connectivity index (χ3v) is 12.0. The molecule has 7 nitrogen and oxygen atoms in total. The van der Waals surface area contributed by atoms with Crippen molar-refractivity contribution in [3.63, 3.8) is 0 Å². The van der Waals surface area contributed by atoms with E-state index in [1.165, 1.54) is 5.01 Å². The van der Waals surface area contributed by atoms with Crippen LogP contribution in [-0.2, 0) is 22.4 Å². The zero-order valence-electron chi connectivity index (χ0n) is 30.2. The van der Waals surface area contributed by atoms with Gasteiger partial charge in [0.05, 0.1) is 5.71 Å². The number of hydrazone groups is 1. The van der Waals surface area contributed by atoms with Gasteiger partial charge in [-0.2, -0.15) is 5.10 Å². The van der Waals surface area contributed by atoms with Gasteiger partial charge in [0.2, 0.25) is 0 Å². The molecule has 50 heavy (non-hydrogen) atoms. The van der Waals surface area contributed by atoms with Crippen molar-refractivity contribution in [1.29, 1.82) is 0 Å². The van der Waals surface area contributed by atoms with Gasteiger partial charge < -0.3 is 14.8 Å². The fourth-order valence-electron chi connectivity index (χ4n) is 5.04. The first-order valence-electron chi connectivity index (χ1n) is 17.0. The molecule has 8 heteroatoms. The Hall–Kier alpha value is -4.97. The highest BCUT2D eigenvalue weighted by atomic mass is 28.4. The van der Waals surface area contributed by atoms with Crippen LogP contribution in [0, 0.1) is 11.8 Å². The quantitative estimate of drug-likeness (QED) is 0.0550. The van der Waals surface area contributed by atoms with Gasteiger partial charge in [-0.25, -0.2) is 14.6 Å². The molecule has 0 fully saturated rings. The molecule has 4 rings (SSSR count). The van der Waals surface area contributed by atoms with Gasteiger partial charge in [-0.3, -0.25) is 0 Å². The maximum atomic E-state index is 14.1. The highest BCUT2D eigenvalue weighted by Gasteiger charge is 2.37. The number of rotatable bonds is 11. The maximum Gasteiger partial charge on any atom is 0.339 e. The second kappa shape index (κ2) is 16.6. The predicted octanol–water partition coefficient (Wildman–Crippen LogP) is 7.98. The normalized spacial score (nSPS) is 12.2. The Labute approximate surface area is 298 Å². The molecule has 0 spiro atoms. The number of hydrogen-bond donors (Lipinski definition) is 2. The van der Waals surface area contributed by atoms with Crippen molar-refractivity contribution in [3.05, 3.63) is 143 Å². The van der Waals surface area contributed by atoms with Crippen LogP contribution in [0.1, 0.15) is 62.4 Å². The Morgan fingerprint density at radius 1 is 0.800 bits per heavy atom. The van der Waals surface area contributed by atoms with E-state index in [0.717, 1.165) is 34.2 Å². The van der Waals surface area contributed by atoms with E-state index in [2.05, 4.69) is 31.0 Å². The Morgan fingerprint density at radius 3 is 1.82 bits per heavy atom. The number of carbonyl (C=O) groups excluding carboxylic acids is 2. The first-order valence-corrected chi connectivity index (χ1v) is 19.9. The molecule has 0 bridgehead atoms. The van der Waals surface area contributed by atoms with E-state index in [9.17, 15) is 14.4 Å². The highest BCUT2D eigenvalue weighted by Crippen LogP contribution is 2.38. The molecule has 0 aromatic heterocycles. The summed E-state index contributed by atoms with van der Waals surface area (Å²) in [6.07, 6.45) is 1.01. The van der Waals surface area contributed by atoms with Gasteiger partial charge in [-0.1, -0.05) is 129 Å². The standard InChI is InChI=1S/C42H49N3O4Si/c1-41(2,3)49-39(46)37(30-33-18-11-8-12-19-33)43-40(47)45(44-38(35-21-13-9-14-22-35)36-23-15-10-16-24-36)29-17-20-32-25-27-34(28-26-32)31-42(4,5)50(6,7)48/h8-16,18-19,21-28,37,48H,29-31H2,1-7H3,(H,43,47)/t37-/m1/s1. The van der Waals surface area contributed by atoms with Crippen molar-refractivity contribution in [2.45, 2.75) is 77.2 Å². The molecule has 0 radical (unpaired) electrons. The maximum absolute atomic E-state index is 14.1. The molecule has 4 aromatic rings. The molecule has 0 aliphatic rings. The van der Waals surface area contributed by atoms with Gasteiger partial charge in [0.15, 0.2) is 8.32 Å². The fourth-order valence-corrected chi connectivity index (χ4v) is 5.67. The molecule has 0 aliphatic heterocycles. The van der Waals surface area contributed by atoms with Gasteiger partial charge in [0.1, 0.15) is 18.2 Å². The number of ether oxygens (including phenoxy) is 1. The number of benzene rings is 4. The summed E-state index contributed by atoms with van der Waals surface area (Å²) in [6.45, 7) is 13.5. The lowest BCUT2D eigenvalue weighted by Gasteiger charge is -2.35. The highest BCUT2D eigenvalue weighted by molar-refractivity contribution is 6.72. The number of nitrogens with zero attached hydrogens (tertiary/aromatic N) is 2. The predicted molar refractivity (Wildman–Crippen MR) is 204 cm³/mol. The van der Waals surface area contributed by atoms with Gasteiger partial charge in [-0.05, 0) is 68.6 Å². The largest absolute Gasteiger partial charge is 0.458 e. The van der Waals surface area contributed by atoms with E-state index < -0.39 is 32.0 Å². The van der Waals surface area contributed by atoms with Crippen molar-refractivity contribution in [1.82, 2.24) is 10.3 Å². The number of urea groups is 1. The molecule has 0 unspecified atom stereocenters. The molecule has 0 heterocycles. The summed E-state index contributed by atoms with van der Waals surface area (Å²) in [5, 5.41) is 8.88. The molecule has 0 saturated heterocycles. The van der Waals surface area contributed by atoms with Crippen molar-refractivity contribution >= 4 is 26.0 Å². The summed E-state index contributed by atoms with van der Waals surface area (Å²) < 4.78 is 5.72. The number of esters is 1. The van der Waals surface area contributed by atoms with Crippen LogP contribution in [0.4, 0.5) is 4.79 Å². The molecule has 0 saturated carbocycles. The Morgan fingerprint density at radius 2 is 1.32 bits per heavy atom. The zero-order valence-corrected chi connectivity index (χ0v) is 31.2. The summed E-state index contributed by atoms with van der Waals surface area (Å²) in [4.78, 5) is 38.3. The minimum Gasteiger partial charge on any atom is -0.458 e. The topological polar surface area (TPSA) is 91.2 Å². The Balaban J connectivity index is 1.68. The van der Waals surface area contributed by atoms with Crippen LogP contribution in [0.15, 0.2) is 120 Å². The van der Waals surface area contributed by atoms with E-state index in [1.54, 1.807) is 20.8 Å². The van der Waals surface area contributed by atoms with Crippen LogP contribution in [-0.4, -0.2) is 54.0 Å². The number of hydrogen-bond acceptors (Lipinski definition) is 5. The molecule has 1 atom stereocenters. The third-order valence-electron chi connectivity index (χ3n) is 8.54. The van der Waals surface area contributed by atoms with E-state index in [1.807, 2.05) is 128 Å². The first kappa shape index (κ1) is 37.8. The number of nitrogens with one attached hydrogen (secondary N) is 1. The van der Waals surface area contributed by atoms with Crippen LogP contribution in [0.25, 0.3) is 0 Å². The smallest absolute Gasteiger partial charge is 0.339 e. The molecule has 2 N–H and O–H groups in total. The van der Waals surface area contributed by atoms with Gasteiger partial charge in [0.25, 0.3) is 0 Å². The van der Waals surface area contributed by atoms with Crippen LogP contribution in [0.3, 0.4) is 0 Å². The average Bonchev–Trinajstić information content (AvgIpc) is 3.06. The van der Waals surface area contributed by atoms with Crippen LogP contribution in [0.5, 0.6) is 0 Å². The van der Waals surface area contributed by atoms with E-state index in [0.29, 0.717) is 5.71 Å². The summed E-state index contributed by atoms with van der Waals surface area (Å²) in [5.74, 6) is 5.77. The van der Waals surface area contributed by atoms with Crippen LogP contribution < -0.4 is 5.32 Å². The first-order chi connectivity index (χ1) is 23.6. The SMILES string of the molecule is CC(C)(C)OC(=O)[C@@H](Cc1ccccc1)NC(=O)N(CC#Cc1ccc(CC(C)(C)[Si](C)(C)O)cc1)N=C(c1ccccc1)c1ccccc1. The number of carbonyl (C=O) groups is 2. The lowest BCUT2D eigenvalue weighted by atomic mass is 10.0. The lowest BCUT2D eigenvalue weighted by molar-refractivity contribution is -0.157. The van der Waals surface area contributed by atoms with E-state index in [4.69, 9.17) is 9.84 Å². The van der Waals surface area contributed by atoms with Crippen LogP contribution in [0.2, 0.25) is 18.1 Å². The van der Waals surface area contributed by atoms with Crippen molar-refractivity contribution < 1.29 is 19.1 Å². The van der Waals surface area contributed by atoms with Crippen molar-refractivity contribution in [2.24, 2.45) is 5.10 Å². The second-order valence-corrected chi connectivity index (χ2v) is 19.1. The van der Waals surface area contributed by atoms with Crippen molar-refractivity contribution in [2.75, 3.05) is 6.54 Å². The van der Waals surface area contributed by atoms with Crippen LogP contribution >= 0.6 is 0 Å². The van der Waals surface area contributed by atoms with Crippen molar-refractivity contribution in [3.8, 4) is 11.8 Å². The van der Waals surface area contributed by atoms with E-state index in [-0.39, 0.29) is 18.0 Å². The minimum absolute atomic E-state index is 0.0412. The average molecular weight is 688 g/mol. The monoisotopic (exact) mass is 687 g/mol. The summed E-state index contributed by atoms with van der Waals surface area (Å²) in [6, 6.07) is 35.2. The lowest BCUT2D eigenvalue weighted by Crippen LogP contribution is -2.49. The molecule has 4 aromatic carbocycles. The molecular weight excluding hydrogens is 639 g/mol. The fraction of sp³-hybridized carbons (Fsp3) is 0.310.